The first kappa shape index (κ1) is 14.3. The van der Waals surface area contributed by atoms with Crippen LogP contribution in [0.2, 0.25) is 0 Å². The Morgan fingerprint density at radius 1 is 1.40 bits per heavy atom. The van der Waals surface area contributed by atoms with E-state index in [1.54, 1.807) is 0 Å². The second-order valence-electron chi connectivity index (χ2n) is 4.77. The molecule has 2 atom stereocenters. The number of amides is 2. The van der Waals surface area contributed by atoms with Gasteiger partial charge in [-0.15, -0.1) is 0 Å². The maximum absolute atomic E-state index is 11.8. The van der Waals surface area contributed by atoms with Gasteiger partial charge in [0.15, 0.2) is 0 Å². The smallest absolute Gasteiger partial charge is 0.243 e. The Hall–Kier alpha value is -2.14. The molecule has 0 spiro atoms. The highest BCUT2D eigenvalue weighted by Gasteiger charge is 2.31. The topological polar surface area (TPSA) is 78.4 Å². The average molecular weight is 274 g/mol. The van der Waals surface area contributed by atoms with Crippen molar-refractivity contribution in [2.45, 2.75) is 25.0 Å². The molecule has 20 heavy (non-hydrogen) atoms. The molecular formula is C15H18N2O3. The summed E-state index contributed by atoms with van der Waals surface area (Å²) in [6.07, 6.45) is 1.30. The van der Waals surface area contributed by atoms with Crippen LogP contribution in [0.15, 0.2) is 36.9 Å². The first-order valence-corrected chi connectivity index (χ1v) is 6.57. The molecule has 1 aliphatic carbocycles. The summed E-state index contributed by atoms with van der Waals surface area (Å²) in [7, 11) is 0. The van der Waals surface area contributed by atoms with Gasteiger partial charge in [0, 0.05) is 13.0 Å². The summed E-state index contributed by atoms with van der Waals surface area (Å²) in [5, 5.41) is 15.5. The van der Waals surface area contributed by atoms with Gasteiger partial charge in [-0.25, -0.2) is 0 Å². The average Bonchev–Trinajstić information content (AvgIpc) is 2.75. The zero-order valence-corrected chi connectivity index (χ0v) is 11.1. The highest BCUT2D eigenvalue weighted by molar-refractivity contribution is 5.87. The van der Waals surface area contributed by atoms with Crippen LogP contribution in [0.1, 0.15) is 23.7 Å². The van der Waals surface area contributed by atoms with Crippen molar-refractivity contribution in [2.24, 2.45) is 0 Å². The zero-order chi connectivity index (χ0) is 14.5. The molecule has 0 saturated heterocycles. The van der Waals surface area contributed by atoms with E-state index in [-0.39, 0.29) is 30.8 Å². The third-order valence-electron chi connectivity index (χ3n) is 3.38. The van der Waals surface area contributed by atoms with Gasteiger partial charge in [0.1, 0.15) is 0 Å². The Morgan fingerprint density at radius 2 is 2.15 bits per heavy atom. The lowest BCUT2D eigenvalue weighted by Crippen LogP contribution is -2.39. The first-order chi connectivity index (χ1) is 9.61. The van der Waals surface area contributed by atoms with Crippen LogP contribution < -0.4 is 10.6 Å². The minimum Gasteiger partial charge on any atom is -0.386 e. The summed E-state index contributed by atoms with van der Waals surface area (Å²) in [5.41, 5.74) is 1.93. The standard InChI is InChI=1S/C15H18N2O3/c1-2-13(18)16-8-7-14(19)17-12-9-10-5-3-4-6-11(10)15(12)20/h2-6,12,15,20H,1,7-9H2,(H,16,18)(H,17,19)/t12-,15-/m0/s1. The number of carbonyl (C=O) groups excluding carboxylic acids is 2. The van der Waals surface area contributed by atoms with E-state index in [1.165, 1.54) is 0 Å². The predicted octanol–water partition coefficient (Wildman–Crippen LogP) is 0.453. The second-order valence-corrected chi connectivity index (χ2v) is 4.77. The van der Waals surface area contributed by atoms with E-state index >= 15 is 0 Å². The number of carbonyl (C=O) groups is 2. The van der Waals surface area contributed by atoms with Gasteiger partial charge in [0.25, 0.3) is 0 Å². The van der Waals surface area contributed by atoms with E-state index in [0.717, 1.165) is 17.2 Å². The van der Waals surface area contributed by atoms with E-state index in [9.17, 15) is 14.7 Å². The van der Waals surface area contributed by atoms with Crippen LogP contribution in [-0.4, -0.2) is 29.5 Å². The van der Waals surface area contributed by atoms with Crippen molar-refractivity contribution in [2.75, 3.05) is 6.54 Å². The normalized spacial score (nSPS) is 20.1. The predicted molar refractivity (Wildman–Crippen MR) is 74.9 cm³/mol. The molecular weight excluding hydrogens is 256 g/mol. The fourth-order valence-electron chi connectivity index (χ4n) is 2.35. The SMILES string of the molecule is C=CC(=O)NCCC(=O)N[C@H]1Cc2ccccc2[C@@H]1O. The fourth-order valence-corrected chi connectivity index (χ4v) is 2.35. The molecule has 2 rings (SSSR count). The van der Waals surface area contributed by atoms with Crippen LogP contribution in [0, 0.1) is 0 Å². The summed E-state index contributed by atoms with van der Waals surface area (Å²) in [4.78, 5) is 22.7. The molecule has 1 aromatic carbocycles. The Bertz CT molecular complexity index is 528. The molecule has 5 heteroatoms. The lowest BCUT2D eigenvalue weighted by molar-refractivity contribution is -0.122. The third-order valence-corrected chi connectivity index (χ3v) is 3.38. The molecule has 106 valence electrons. The number of benzene rings is 1. The highest BCUT2D eigenvalue weighted by Crippen LogP contribution is 2.30. The largest absolute Gasteiger partial charge is 0.386 e. The number of fused-ring (bicyclic) bond motifs is 1. The van der Waals surface area contributed by atoms with Crippen LogP contribution in [0.25, 0.3) is 0 Å². The molecule has 0 aliphatic heterocycles. The quantitative estimate of drug-likeness (QED) is 0.682. The molecule has 0 bridgehead atoms. The summed E-state index contributed by atoms with van der Waals surface area (Å²) in [5.74, 6) is -0.489. The first-order valence-electron chi connectivity index (χ1n) is 6.57. The van der Waals surface area contributed by atoms with E-state index in [0.29, 0.717) is 6.42 Å². The van der Waals surface area contributed by atoms with Crippen molar-refractivity contribution in [3.63, 3.8) is 0 Å². The van der Waals surface area contributed by atoms with Crippen molar-refractivity contribution >= 4 is 11.8 Å². The van der Waals surface area contributed by atoms with Gasteiger partial charge in [-0.2, -0.15) is 0 Å². The number of hydrogen-bond acceptors (Lipinski definition) is 3. The van der Waals surface area contributed by atoms with Gasteiger partial charge in [-0.05, 0) is 23.6 Å². The van der Waals surface area contributed by atoms with E-state index in [4.69, 9.17) is 0 Å². The maximum Gasteiger partial charge on any atom is 0.243 e. The van der Waals surface area contributed by atoms with Crippen molar-refractivity contribution < 1.29 is 14.7 Å². The van der Waals surface area contributed by atoms with Crippen molar-refractivity contribution in [3.8, 4) is 0 Å². The summed E-state index contributed by atoms with van der Waals surface area (Å²) < 4.78 is 0. The van der Waals surface area contributed by atoms with Crippen molar-refractivity contribution in [1.82, 2.24) is 10.6 Å². The van der Waals surface area contributed by atoms with Gasteiger partial charge < -0.3 is 15.7 Å². The molecule has 0 fully saturated rings. The fraction of sp³-hybridized carbons (Fsp3) is 0.333. The molecule has 0 radical (unpaired) electrons. The van der Waals surface area contributed by atoms with Crippen LogP contribution in [-0.2, 0) is 16.0 Å². The van der Waals surface area contributed by atoms with E-state index in [2.05, 4.69) is 17.2 Å². The minimum atomic E-state index is -0.669. The molecule has 0 aromatic heterocycles. The highest BCUT2D eigenvalue weighted by atomic mass is 16.3. The van der Waals surface area contributed by atoms with E-state index in [1.807, 2.05) is 24.3 Å². The van der Waals surface area contributed by atoms with Crippen LogP contribution in [0.4, 0.5) is 0 Å². The van der Waals surface area contributed by atoms with Crippen LogP contribution in [0.5, 0.6) is 0 Å². The molecule has 0 saturated carbocycles. The van der Waals surface area contributed by atoms with Crippen LogP contribution >= 0.6 is 0 Å². The third kappa shape index (κ3) is 3.24. The van der Waals surface area contributed by atoms with Crippen molar-refractivity contribution in [3.05, 3.63) is 48.0 Å². The van der Waals surface area contributed by atoms with Gasteiger partial charge in [0.05, 0.1) is 12.1 Å². The number of rotatable bonds is 5. The Labute approximate surface area is 117 Å². The summed E-state index contributed by atoms with van der Waals surface area (Å²) in [6, 6.07) is 7.32. The number of hydrogen-bond donors (Lipinski definition) is 3. The molecule has 0 unspecified atom stereocenters. The summed E-state index contributed by atoms with van der Waals surface area (Å²) in [6.45, 7) is 3.59. The lowest BCUT2D eigenvalue weighted by Gasteiger charge is -2.17. The molecule has 1 aliphatic rings. The Balaban J connectivity index is 1.82. The minimum absolute atomic E-state index is 0.180. The Kier molecular flexibility index (Phi) is 4.53. The Morgan fingerprint density at radius 3 is 2.85 bits per heavy atom. The van der Waals surface area contributed by atoms with Crippen molar-refractivity contribution in [1.29, 1.82) is 0 Å². The van der Waals surface area contributed by atoms with Gasteiger partial charge in [0.2, 0.25) is 11.8 Å². The molecule has 2 amide bonds. The maximum atomic E-state index is 11.8. The molecule has 0 heterocycles. The molecule has 1 aromatic rings. The van der Waals surface area contributed by atoms with Gasteiger partial charge in [-0.3, -0.25) is 9.59 Å². The number of nitrogens with one attached hydrogen (secondary N) is 2. The van der Waals surface area contributed by atoms with E-state index < -0.39 is 6.10 Å². The molecule has 5 nitrogen and oxygen atoms in total. The number of aliphatic hydroxyl groups excluding tert-OH is 1. The summed E-state index contributed by atoms with van der Waals surface area (Å²) >= 11 is 0. The second kappa shape index (κ2) is 6.34. The zero-order valence-electron chi connectivity index (χ0n) is 11.1. The van der Waals surface area contributed by atoms with Gasteiger partial charge in [-0.1, -0.05) is 30.8 Å². The number of aliphatic hydroxyl groups is 1. The monoisotopic (exact) mass is 274 g/mol. The molecule has 3 N–H and O–H groups in total. The van der Waals surface area contributed by atoms with Gasteiger partial charge >= 0.3 is 0 Å². The van der Waals surface area contributed by atoms with Crippen LogP contribution in [0.3, 0.4) is 0 Å². The lowest BCUT2D eigenvalue weighted by atomic mass is 10.1.